The van der Waals surface area contributed by atoms with E-state index in [2.05, 4.69) is 15.5 Å². The van der Waals surface area contributed by atoms with Crippen LogP contribution in [0.1, 0.15) is 16.1 Å². The van der Waals surface area contributed by atoms with Crippen molar-refractivity contribution in [1.29, 1.82) is 0 Å². The van der Waals surface area contributed by atoms with Crippen molar-refractivity contribution >= 4 is 23.0 Å². The third kappa shape index (κ3) is 3.09. The molecule has 0 bridgehead atoms. The summed E-state index contributed by atoms with van der Waals surface area (Å²) in [5.41, 5.74) is 4.37. The SMILES string of the molecule is O=C(N/N=C/c1ccc2ccccc2n1)c1ccc(O)cc1. The topological polar surface area (TPSA) is 74.6 Å². The first kappa shape index (κ1) is 13.8. The maximum Gasteiger partial charge on any atom is 0.271 e. The lowest BCUT2D eigenvalue weighted by Crippen LogP contribution is -2.17. The number of nitrogens with zero attached hydrogens (tertiary/aromatic N) is 2. The summed E-state index contributed by atoms with van der Waals surface area (Å²) in [6.45, 7) is 0. The number of hydrazone groups is 1. The van der Waals surface area contributed by atoms with Crippen molar-refractivity contribution in [2.75, 3.05) is 0 Å². The van der Waals surface area contributed by atoms with Crippen LogP contribution in [0.2, 0.25) is 0 Å². The van der Waals surface area contributed by atoms with E-state index < -0.39 is 0 Å². The minimum absolute atomic E-state index is 0.111. The highest BCUT2D eigenvalue weighted by molar-refractivity contribution is 5.95. The molecule has 5 heteroatoms. The third-order valence-corrected chi connectivity index (χ3v) is 3.11. The monoisotopic (exact) mass is 291 g/mol. The van der Waals surface area contributed by atoms with Crippen molar-refractivity contribution in [3.8, 4) is 5.75 Å². The maximum absolute atomic E-state index is 11.8. The molecule has 0 aliphatic rings. The van der Waals surface area contributed by atoms with Gasteiger partial charge in [0.15, 0.2) is 0 Å². The van der Waals surface area contributed by atoms with Crippen molar-refractivity contribution in [3.05, 3.63) is 71.9 Å². The summed E-state index contributed by atoms with van der Waals surface area (Å²) >= 11 is 0. The molecule has 0 aliphatic heterocycles. The Kier molecular flexibility index (Phi) is 3.78. The Bertz CT molecular complexity index is 842. The van der Waals surface area contributed by atoms with Crippen molar-refractivity contribution in [2.24, 2.45) is 5.10 Å². The highest BCUT2D eigenvalue weighted by Crippen LogP contribution is 2.11. The van der Waals surface area contributed by atoms with Gasteiger partial charge < -0.3 is 5.11 Å². The van der Waals surface area contributed by atoms with Gasteiger partial charge in [0.05, 0.1) is 17.4 Å². The fraction of sp³-hybridized carbons (Fsp3) is 0. The number of nitrogens with one attached hydrogen (secondary N) is 1. The number of carbonyl (C=O) groups is 1. The van der Waals surface area contributed by atoms with E-state index in [-0.39, 0.29) is 11.7 Å². The van der Waals surface area contributed by atoms with Crippen LogP contribution in [0.15, 0.2) is 65.8 Å². The average Bonchev–Trinajstić information content (AvgIpc) is 2.55. The van der Waals surface area contributed by atoms with Crippen LogP contribution in [0.5, 0.6) is 5.75 Å². The number of aromatic nitrogens is 1. The van der Waals surface area contributed by atoms with E-state index in [0.717, 1.165) is 10.9 Å². The van der Waals surface area contributed by atoms with Gasteiger partial charge in [-0.3, -0.25) is 4.79 Å². The highest BCUT2D eigenvalue weighted by Gasteiger charge is 2.03. The largest absolute Gasteiger partial charge is 0.508 e. The molecule has 22 heavy (non-hydrogen) atoms. The van der Waals surface area contributed by atoms with E-state index in [1.54, 1.807) is 0 Å². The number of phenolic OH excluding ortho intramolecular Hbond substituents is 1. The van der Waals surface area contributed by atoms with E-state index >= 15 is 0 Å². The number of hydrogen-bond donors (Lipinski definition) is 2. The number of aromatic hydroxyl groups is 1. The Balaban J connectivity index is 1.70. The summed E-state index contributed by atoms with van der Waals surface area (Å²) in [5.74, 6) is -0.238. The molecule has 0 atom stereocenters. The van der Waals surface area contributed by atoms with Crippen LogP contribution in [0.4, 0.5) is 0 Å². The van der Waals surface area contributed by atoms with Gasteiger partial charge in [-0.15, -0.1) is 0 Å². The molecule has 1 aromatic heterocycles. The van der Waals surface area contributed by atoms with E-state index in [4.69, 9.17) is 0 Å². The molecule has 108 valence electrons. The van der Waals surface area contributed by atoms with Crippen LogP contribution in [0.25, 0.3) is 10.9 Å². The molecular weight excluding hydrogens is 278 g/mol. The van der Waals surface area contributed by atoms with Crippen LogP contribution in [0.3, 0.4) is 0 Å². The van der Waals surface area contributed by atoms with Gasteiger partial charge in [0.25, 0.3) is 5.91 Å². The fourth-order valence-corrected chi connectivity index (χ4v) is 1.99. The molecule has 0 aliphatic carbocycles. The number of carbonyl (C=O) groups excluding carboxylic acids is 1. The normalized spacial score (nSPS) is 10.9. The first-order valence-electron chi connectivity index (χ1n) is 6.70. The molecular formula is C17H13N3O2. The molecule has 2 aromatic carbocycles. The number of para-hydroxylation sites is 1. The van der Waals surface area contributed by atoms with Crippen LogP contribution in [-0.2, 0) is 0 Å². The zero-order valence-corrected chi connectivity index (χ0v) is 11.6. The van der Waals surface area contributed by atoms with Crippen molar-refractivity contribution in [3.63, 3.8) is 0 Å². The lowest BCUT2D eigenvalue weighted by atomic mass is 10.2. The summed E-state index contributed by atoms with van der Waals surface area (Å²) in [5, 5.41) is 14.1. The molecule has 0 radical (unpaired) electrons. The quantitative estimate of drug-likeness (QED) is 0.575. The lowest BCUT2D eigenvalue weighted by Gasteiger charge is -2.00. The van der Waals surface area contributed by atoms with Crippen LogP contribution >= 0.6 is 0 Å². The standard InChI is InChI=1S/C17H13N3O2/c21-15-9-6-13(7-10-15)17(22)20-18-11-14-8-5-12-3-1-2-4-16(12)19-14/h1-11,21H,(H,20,22)/b18-11+. The zero-order chi connectivity index (χ0) is 15.4. The third-order valence-electron chi connectivity index (χ3n) is 3.11. The van der Waals surface area contributed by atoms with Gasteiger partial charge >= 0.3 is 0 Å². The molecule has 0 fully saturated rings. The van der Waals surface area contributed by atoms with Crippen molar-refractivity contribution < 1.29 is 9.90 Å². The average molecular weight is 291 g/mol. The summed E-state index contributed by atoms with van der Waals surface area (Å²) < 4.78 is 0. The van der Waals surface area contributed by atoms with E-state index in [1.807, 2.05) is 36.4 Å². The van der Waals surface area contributed by atoms with Crippen molar-refractivity contribution in [1.82, 2.24) is 10.4 Å². The van der Waals surface area contributed by atoms with Crippen LogP contribution in [-0.4, -0.2) is 22.2 Å². The molecule has 1 amide bonds. The molecule has 0 spiro atoms. The molecule has 0 unspecified atom stereocenters. The van der Waals surface area contributed by atoms with Gasteiger partial charge in [-0.05, 0) is 36.4 Å². The van der Waals surface area contributed by atoms with Crippen LogP contribution in [0, 0.1) is 0 Å². The number of phenols is 1. The summed E-state index contributed by atoms with van der Waals surface area (Å²) in [6.07, 6.45) is 1.49. The second-order valence-electron chi connectivity index (χ2n) is 4.67. The predicted molar refractivity (Wildman–Crippen MR) is 84.9 cm³/mol. The molecule has 3 aromatic rings. The van der Waals surface area contributed by atoms with E-state index in [9.17, 15) is 9.90 Å². The second kappa shape index (κ2) is 6.05. The maximum atomic E-state index is 11.8. The van der Waals surface area contributed by atoms with Gasteiger partial charge in [-0.1, -0.05) is 24.3 Å². The second-order valence-corrected chi connectivity index (χ2v) is 4.67. The summed E-state index contributed by atoms with van der Waals surface area (Å²) in [6, 6.07) is 17.5. The fourth-order valence-electron chi connectivity index (χ4n) is 1.99. The summed E-state index contributed by atoms with van der Waals surface area (Å²) in [4.78, 5) is 16.3. The molecule has 5 nitrogen and oxygen atoms in total. The van der Waals surface area contributed by atoms with Gasteiger partial charge in [0.1, 0.15) is 5.75 Å². The number of hydrogen-bond acceptors (Lipinski definition) is 4. The van der Waals surface area contributed by atoms with Crippen LogP contribution < -0.4 is 5.43 Å². The minimum atomic E-state index is -0.350. The Hall–Kier alpha value is -3.21. The van der Waals surface area contributed by atoms with Gasteiger partial charge in [0, 0.05) is 10.9 Å². The van der Waals surface area contributed by atoms with E-state index in [1.165, 1.54) is 30.5 Å². The number of rotatable bonds is 3. The Morgan fingerprint density at radius 1 is 1.05 bits per heavy atom. The molecule has 0 saturated heterocycles. The van der Waals surface area contributed by atoms with Crippen molar-refractivity contribution in [2.45, 2.75) is 0 Å². The number of amides is 1. The molecule has 0 saturated carbocycles. The minimum Gasteiger partial charge on any atom is -0.508 e. The van der Waals surface area contributed by atoms with Gasteiger partial charge in [-0.2, -0.15) is 5.10 Å². The lowest BCUT2D eigenvalue weighted by molar-refractivity contribution is 0.0955. The predicted octanol–water partition coefficient (Wildman–Crippen LogP) is 2.70. The molecule has 3 rings (SSSR count). The van der Waals surface area contributed by atoms with E-state index in [0.29, 0.717) is 11.3 Å². The Morgan fingerprint density at radius 3 is 2.64 bits per heavy atom. The highest BCUT2D eigenvalue weighted by atomic mass is 16.3. The molecule has 1 heterocycles. The Labute approximate surface area is 126 Å². The smallest absolute Gasteiger partial charge is 0.271 e. The van der Waals surface area contributed by atoms with Gasteiger partial charge in [-0.25, -0.2) is 10.4 Å². The number of fused-ring (bicyclic) bond motifs is 1. The zero-order valence-electron chi connectivity index (χ0n) is 11.6. The Morgan fingerprint density at radius 2 is 1.82 bits per heavy atom. The first-order valence-corrected chi connectivity index (χ1v) is 6.70. The van der Waals surface area contributed by atoms with Gasteiger partial charge in [0.2, 0.25) is 0 Å². The number of benzene rings is 2. The summed E-state index contributed by atoms with van der Waals surface area (Å²) in [7, 11) is 0. The number of pyridine rings is 1. The molecule has 2 N–H and O–H groups in total. The first-order chi connectivity index (χ1) is 10.7.